The third-order valence-corrected chi connectivity index (χ3v) is 19.6. The van der Waals surface area contributed by atoms with E-state index in [-0.39, 0.29) is 18.9 Å². The summed E-state index contributed by atoms with van der Waals surface area (Å²) in [6.07, 6.45) is 22.4. The molecule has 3 rings (SSSR count). The largest absolute Gasteiger partial charge is 0.477 e. The fourth-order valence-corrected chi connectivity index (χ4v) is 13.5. The van der Waals surface area contributed by atoms with E-state index in [2.05, 4.69) is 24.5 Å². The molecule has 3 heterocycles. The summed E-state index contributed by atoms with van der Waals surface area (Å²) in [5, 5.41) is 136. The van der Waals surface area contributed by atoms with Crippen LogP contribution in [-0.4, -0.2) is 215 Å². The quantitative estimate of drug-likeness (QED) is 0.0254. The number of aliphatic hydroxyl groups excluding tert-OH is 11. The summed E-state index contributed by atoms with van der Waals surface area (Å²) in [5.74, 6) is -6.09. The summed E-state index contributed by atoms with van der Waals surface area (Å²) in [5.41, 5.74) is 0. The summed E-state index contributed by atoms with van der Waals surface area (Å²) in [6.45, 7) is 2.25. The minimum atomic E-state index is -3.08. The number of ether oxygens (including phenoxy) is 6. The van der Waals surface area contributed by atoms with Crippen LogP contribution >= 0.6 is 0 Å². The summed E-state index contributed by atoms with van der Waals surface area (Å²) in [7, 11) is 0. The number of hydrogen-bond donors (Lipinski definition) is 14. The Balaban J connectivity index is 1.54. The highest BCUT2D eigenvalue weighted by atomic mass is 16.8. The van der Waals surface area contributed by atoms with E-state index in [0.29, 0.717) is 19.3 Å². The number of carboxylic acid groups (broad SMARTS) is 1. The molecule has 18 atom stereocenters. The van der Waals surface area contributed by atoms with Crippen molar-refractivity contribution in [3.63, 3.8) is 0 Å². The highest BCUT2D eigenvalue weighted by Gasteiger charge is 2.60. The first-order chi connectivity index (χ1) is 45.9. The predicted octanol–water partition coefficient (Wildman–Crippen LogP) is 8.46. The van der Waals surface area contributed by atoms with Crippen LogP contribution in [-0.2, 0) is 42.8 Å². The van der Waals surface area contributed by atoms with Gasteiger partial charge in [0.05, 0.1) is 50.7 Å². The van der Waals surface area contributed by atoms with Crippen molar-refractivity contribution in [2.45, 2.75) is 413 Å². The first-order valence-corrected chi connectivity index (χ1v) is 37.9. The third kappa shape index (κ3) is 34.3. The van der Waals surface area contributed by atoms with Crippen molar-refractivity contribution in [3.05, 3.63) is 0 Å². The first kappa shape index (κ1) is 86.9. The Hall–Kier alpha value is -2.27. The number of unbranched alkanes of at least 4 members (excludes halogenated alkanes) is 39. The highest BCUT2D eigenvalue weighted by molar-refractivity contribution is 5.77. The van der Waals surface area contributed by atoms with Crippen LogP contribution in [0.15, 0.2) is 0 Å². The number of hydrogen-bond acceptors (Lipinski definition) is 20. The van der Waals surface area contributed by atoms with Crippen LogP contribution in [0.3, 0.4) is 0 Å². The Morgan fingerprint density at radius 2 is 0.916 bits per heavy atom. The van der Waals surface area contributed by atoms with Crippen molar-refractivity contribution in [3.8, 4) is 0 Å². The molecule has 3 aliphatic rings. The van der Waals surface area contributed by atoms with Crippen LogP contribution in [0.5, 0.6) is 0 Å². The highest BCUT2D eigenvalue weighted by Crippen LogP contribution is 2.39. The number of nitrogens with one attached hydrogen (secondary N) is 2. The molecular weight excluding hydrogens is 1230 g/mol. The van der Waals surface area contributed by atoms with E-state index in [4.69, 9.17) is 28.4 Å². The number of carbonyl (C=O) groups excluding carboxylic acids is 2. The van der Waals surface area contributed by atoms with Crippen molar-refractivity contribution >= 4 is 17.8 Å². The van der Waals surface area contributed by atoms with Crippen molar-refractivity contribution in [2.24, 2.45) is 0 Å². The molecule has 2 amide bonds. The van der Waals surface area contributed by atoms with Gasteiger partial charge in [0.15, 0.2) is 12.6 Å². The first-order valence-electron chi connectivity index (χ1n) is 37.9. The fraction of sp³-hybridized carbons (Fsp3) is 0.958. The minimum absolute atomic E-state index is 0.229. The minimum Gasteiger partial charge on any atom is -0.477 e. The van der Waals surface area contributed by atoms with Gasteiger partial charge in [0, 0.05) is 19.8 Å². The van der Waals surface area contributed by atoms with E-state index < -0.39 is 148 Å². The summed E-state index contributed by atoms with van der Waals surface area (Å²) < 4.78 is 34.9. The van der Waals surface area contributed by atoms with Gasteiger partial charge in [-0.2, -0.15) is 0 Å². The Morgan fingerprint density at radius 3 is 1.32 bits per heavy atom. The summed E-state index contributed by atoms with van der Waals surface area (Å²) in [4.78, 5) is 38.6. The van der Waals surface area contributed by atoms with Gasteiger partial charge in [-0.15, -0.1) is 0 Å². The topological polar surface area (TPSA) is 373 Å². The average molecular weight is 1370 g/mol. The number of carboxylic acids is 1. The molecular formula is C72H136N2O21. The lowest BCUT2D eigenvalue weighted by molar-refractivity contribution is -0.386. The normalized spacial score (nSPS) is 27.7. The third-order valence-electron chi connectivity index (χ3n) is 19.6. The van der Waals surface area contributed by atoms with Crippen molar-refractivity contribution in [2.75, 3.05) is 26.4 Å². The fourth-order valence-electron chi connectivity index (χ4n) is 13.5. The van der Waals surface area contributed by atoms with E-state index in [1.807, 2.05) is 0 Å². The molecule has 560 valence electrons. The number of aliphatic carboxylic acids is 1. The molecule has 0 radical (unpaired) electrons. The van der Waals surface area contributed by atoms with Crippen LogP contribution in [0.4, 0.5) is 0 Å². The summed E-state index contributed by atoms with van der Waals surface area (Å²) >= 11 is 0. The maximum Gasteiger partial charge on any atom is 0.364 e. The molecule has 23 heteroatoms. The molecule has 18 unspecified atom stereocenters. The van der Waals surface area contributed by atoms with Gasteiger partial charge in [-0.3, -0.25) is 9.59 Å². The monoisotopic (exact) mass is 1360 g/mol. The lowest BCUT2D eigenvalue weighted by Crippen LogP contribution is -2.70. The lowest BCUT2D eigenvalue weighted by Gasteiger charge is -2.50. The van der Waals surface area contributed by atoms with Gasteiger partial charge in [-0.1, -0.05) is 271 Å². The molecule has 0 spiro atoms. The van der Waals surface area contributed by atoms with Gasteiger partial charge < -0.3 is 100 Å². The van der Waals surface area contributed by atoms with E-state index in [1.165, 1.54) is 205 Å². The van der Waals surface area contributed by atoms with Gasteiger partial charge in [0.1, 0.15) is 67.1 Å². The molecule has 0 aromatic heterocycles. The molecule has 3 aliphatic heterocycles. The van der Waals surface area contributed by atoms with Gasteiger partial charge in [-0.05, 0) is 12.8 Å². The molecule has 14 N–H and O–H groups in total. The Bertz CT molecular complexity index is 1910. The predicted molar refractivity (Wildman–Crippen MR) is 362 cm³/mol. The van der Waals surface area contributed by atoms with Crippen molar-refractivity contribution in [1.29, 1.82) is 0 Å². The molecule has 3 saturated heterocycles. The van der Waals surface area contributed by atoms with Crippen LogP contribution < -0.4 is 10.6 Å². The van der Waals surface area contributed by atoms with Crippen LogP contribution in [0, 0.1) is 0 Å². The van der Waals surface area contributed by atoms with E-state index in [0.717, 1.165) is 51.9 Å². The molecule has 95 heavy (non-hydrogen) atoms. The maximum atomic E-state index is 13.5. The standard InChI is InChI=1S/C72H136N2O21/c1-4-6-8-10-12-14-16-18-20-22-23-24-25-26-27-28-30-31-33-35-37-39-41-43-45-54(79)53(74-59(82)46-44-42-40-38-36-34-32-29-21-19-17-15-13-11-9-7-5-2)51-90-69-64(86)63(85)66(58(50-77)92-69)93-70-65(87)68(62(84)57(49-76)91-70)95-72(71(88)89)47-55(80)60(73-52(3)78)67(94-72)61(83)56(81)48-75/h53-58,60-70,75-77,79-81,83-87H,4-51H2,1-3H3,(H,73,78)(H,74,82)(H,88,89). The zero-order valence-electron chi connectivity index (χ0n) is 58.8. The second-order valence-electron chi connectivity index (χ2n) is 27.9. The van der Waals surface area contributed by atoms with E-state index >= 15 is 0 Å². The molecule has 3 fully saturated rings. The number of carbonyl (C=O) groups is 3. The summed E-state index contributed by atoms with van der Waals surface area (Å²) in [6, 6.07) is -2.52. The second kappa shape index (κ2) is 52.7. The van der Waals surface area contributed by atoms with E-state index in [1.54, 1.807) is 0 Å². The van der Waals surface area contributed by atoms with Crippen LogP contribution in [0.1, 0.15) is 303 Å². The van der Waals surface area contributed by atoms with Gasteiger partial charge in [0.25, 0.3) is 5.79 Å². The van der Waals surface area contributed by atoms with Crippen molar-refractivity contribution in [1.82, 2.24) is 10.6 Å². The number of amides is 2. The number of rotatable bonds is 59. The zero-order chi connectivity index (χ0) is 69.6. The lowest BCUT2D eigenvalue weighted by atomic mass is 9.88. The van der Waals surface area contributed by atoms with Crippen LogP contribution in [0.2, 0.25) is 0 Å². The van der Waals surface area contributed by atoms with Gasteiger partial charge in [-0.25, -0.2) is 4.79 Å². The van der Waals surface area contributed by atoms with Gasteiger partial charge in [0.2, 0.25) is 11.8 Å². The smallest absolute Gasteiger partial charge is 0.364 e. The molecule has 0 aromatic carbocycles. The zero-order valence-corrected chi connectivity index (χ0v) is 58.8. The second-order valence-corrected chi connectivity index (χ2v) is 27.9. The average Bonchev–Trinajstić information content (AvgIpc) is 0.758. The van der Waals surface area contributed by atoms with Gasteiger partial charge >= 0.3 is 5.97 Å². The Labute approximate surface area is 569 Å². The Morgan fingerprint density at radius 1 is 0.505 bits per heavy atom. The maximum absolute atomic E-state index is 13.5. The SMILES string of the molecule is CCCCCCCCCCCCCCCCCCCCCCCCCCC(O)C(COC1OC(CO)C(OC2OC(CO)C(O)C(OC3(C(=O)O)CC(O)C(NC(C)=O)C(C(O)C(O)CO)O3)C2O)C(O)C1O)NC(=O)CCCCCCCCCCCCCCCCCCC. The molecule has 0 saturated carbocycles. The molecule has 0 aliphatic carbocycles. The Kier molecular flexibility index (Phi) is 48.2. The van der Waals surface area contributed by atoms with Crippen LogP contribution in [0.25, 0.3) is 0 Å². The molecule has 0 bridgehead atoms. The number of aliphatic hydroxyl groups is 11. The van der Waals surface area contributed by atoms with Crippen molar-refractivity contribution < 1.29 is 104 Å². The molecule has 0 aromatic rings. The molecule has 23 nitrogen and oxygen atoms in total. The van der Waals surface area contributed by atoms with E-state index in [9.17, 15) is 75.7 Å².